The van der Waals surface area contributed by atoms with Crippen molar-refractivity contribution in [1.82, 2.24) is 14.5 Å². The second-order valence-corrected chi connectivity index (χ2v) is 8.35. The Balaban J connectivity index is 1.51. The highest BCUT2D eigenvalue weighted by atomic mass is 19.4. The lowest BCUT2D eigenvalue weighted by atomic mass is 10.0. The lowest BCUT2D eigenvalue weighted by Crippen LogP contribution is -2.42. The Morgan fingerprint density at radius 3 is 2.44 bits per heavy atom. The van der Waals surface area contributed by atoms with Gasteiger partial charge in [-0.15, -0.1) is 0 Å². The standard InChI is InChI=1S/C21H21F6N5O2/c22-13-9-15(24)14(23)7-11(13)6-12(28)8-18(34)30-4-5-31-16(10-30)19(29-20(31)21(25,26)27)32-3-1-2-17(32)33/h7,9,12H,1-6,8,10,28H2. The number of carbonyl (C=O) groups excluding carboxylic acids is 2. The molecule has 3 heterocycles. The summed E-state index contributed by atoms with van der Waals surface area (Å²) in [4.78, 5) is 31.1. The molecule has 1 fully saturated rings. The summed E-state index contributed by atoms with van der Waals surface area (Å²) in [5, 5.41) is 0. The Kier molecular flexibility index (Phi) is 6.32. The van der Waals surface area contributed by atoms with E-state index in [2.05, 4.69) is 4.98 Å². The van der Waals surface area contributed by atoms with Crippen molar-refractivity contribution in [2.24, 2.45) is 5.73 Å². The van der Waals surface area contributed by atoms with E-state index in [0.717, 1.165) is 4.57 Å². The first-order valence-corrected chi connectivity index (χ1v) is 10.6. The van der Waals surface area contributed by atoms with Crippen LogP contribution in [-0.2, 0) is 35.3 Å². The van der Waals surface area contributed by atoms with Gasteiger partial charge in [0.2, 0.25) is 17.6 Å². The fourth-order valence-corrected chi connectivity index (χ4v) is 4.30. The predicted molar refractivity (Wildman–Crippen MR) is 107 cm³/mol. The molecule has 2 aliphatic heterocycles. The molecule has 1 saturated heterocycles. The quantitative estimate of drug-likeness (QED) is 0.517. The number of hydrogen-bond donors (Lipinski definition) is 1. The number of carbonyl (C=O) groups is 2. The number of nitrogens with two attached hydrogens (primary N) is 1. The number of imidazole rings is 1. The summed E-state index contributed by atoms with van der Waals surface area (Å²) in [6.45, 7) is -0.213. The number of alkyl halides is 3. The maximum atomic E-state index is 13.9. The van der Waals surface area contributed by atoms with Gasteiger partial charge in [0.25, 0.3) is 0 Å². The third-order valence-electron chi connectivity index (χ3n) is 5.93. The maximum Gasteiger partial charge on any atom is 0.449 e. The molecule has 2 amide bonds. The second kappa shape index (κ2) is 8.93. The topological polar surface area (TPSA) is 84.5 Å². The SMILES string of the molecule is NC(CC(=O)N1CCn2c(C(F)(F)F)nc(N3CCCC3=O)c2C1)Cc1cc(F)c(F)cc1F. The molecule has 7 nitrogen and oxygen atoms in total. The lowest BCUT2D eigenvalue weighted by Gasteiger charge is -2.31. The number of fused-ring (bicyclic) bond motifs is 1. The van der Waals surface area contributed by atoms with Gasteiger partial charge < -0.3 is 15.2 Å². The number of halogens is 6. The average molecular weight is 489 g/mol. The van der Waals surface area contributed by atoms with Gasteiger partial charge in [-0.3, -0.25) is 14.5 Å². The van der Waals surface area contributed by atoms with Crippen LogP contribution in [0.5, 0.6) is 0 Å². The summed E-state index contributed by atoms with van der Waals surface area (Å²) in [5.41, 5.74) is 5.83. The van der Waals surface area contributed by atoms with E-state index in [4.69, 9.17) is 5.73 Å². The normalized spacial score (nSPS) is 17.3. The van der Waals surface area contributed by atoms with Crippen molar-refractivity contribution in [2.75, 3.05) is 18.0 Å². The molecule has 2 aromatic rings. The highest BCUT2D eigenvalue weighted by molar-refractivity contribution is 5.95. The zero-order valence-corrected chi connectivity index (χ0v) is 17.8. The third-order valence-corrected chi connectivity index (χ3v) is 5.93. The summed E-state index contributed by atoms with van der Waals surface area (Å²) in [6, 6.07) is 0.126. The molecule has 1 unspecified atom stereocenters. The van der Waals surface area contributed by atoms with Crippen molar-refractivity contribution in [3.8, 4) is 0 Å². The minimum absolute atomic E-state index is 0.0507. The Morgan fingerprint density at radius 2 is 1.79 bits per heavy atom. The van der Waals surface area contributed by atoms with E-state index in [1.807, 2.05) is 0 Å². The number of benzene rings is 1. The number of aromatic nitrogens is 2. The summed E-state index contributed by atoms with van der Waals surface area (Å²) >= 11 is 0. The summed E-state index contributed by atoms with van der Waals surface area (Å²) in [6.07, 6.45) is -4.59. The predicted octanol–water partition coefficient (Wildman–Crippen LogP) is 2.75. The van der Waals surface area contributed by atoms with E-state index < -0.39 is 41.4 Å². The van der Waals surface area contributed by atoms with Gasteiger partial charge in [-0.25, -0.2) is 18.2 Å². The average Bonchev–Trinajstić information content (AvgIpc) is 3.34. The minimum atomic E-state index is -4.74. The molecule has 4 rings (SSSR count). The first kappa shape index (κ1) is 24.0. The fourth-order valence-electron chi connectivity index (χ4n) is 4.30. The molecule has 0 aliphatic carbocycles. The van der Waals surface area contributed by atoms with Crippen LogP contribution in [0.15, 0.2) is 12.1 Å². The van der Waals surface area contributed by atoms with Gasteiger partial charge in [-0.05, 0) is 24.5 Å². The zero-order valence-electron chi connectivity index (χ0n) is 17.8. The lowest BCUT2D eigenvalue weighted by molar-refractivity contribution is -0.148. The van der Waals surface area contributed by atoms with Crippen LogP contribution in [0.1, 0.15) is 36.3 Å². The van der Waals surface area contributed by atoms with Gasteiger partial charge in [0.1, 0.15) is 5.82 Å². The van der Waals surface area contributed by atoms with Gasteiger partial charge in [-0.1, -0.05) is 0 Å². The molecule has 0 saturated carbocycles. The Labute approximate surface area is 190 Å². The van der Waals surface area contributed by atoms with Crippen LogP contribution in [-0.4, -0.2) is 45.4 Å². The minimum Gasteiger partial charge on any atom is -0.335 e. The van der Waals surface area contributed by atoms with E-state index in [9.17, 15) is 35.9 Å². The van der Waals surface area contributed by atoms with Crippen LogP contribution in [0.2, 0.25) is 0 Å². The molecule has 0 radical (unpaired) electrons. The Bertz CT molecular complexity index is 1130. The van der Waals surface area contributed by atoms with Crippen LogP contribution < -0.4 is 10.6 Å². The summed E-state index contributed by atoms with van der Waals surface area (Å²) < 4.78 is 82.0. The molecular formula is C21H21F6N5O2. The van der Waals surface area contributed by atoms with E-state index in [-0.39, 0.29) is 68.4 Å². The number of hydrogen-bond acceptors (Lipinski definition) is 4. The van der Waals surface area contributed by atoms with Crippen LogP contribution in [0.4, 0.5) is 32.2 Å². The Morgan fingerprint density at radius 1 is 1.09 bits per heavy atom. The van der Waals surface area contributed by atoms with E-state index in [0.29, 0.717) is 18.6 Å². The number of rotatable bonds is 5. The van der Waals surface area contributed by atoms with Crippen LogP contribution in [0.3, 0.4) is 0 Å². The number of amides is 2. The molecule has 1 atom stereocenters. The van der Waals surface area contributed by atoms with Crippen LogP contribution >= 0.6 is 0 Å². The molecule has 184 valence electrons. The smallest absolute Gasteiger partial charge is 0.335 e. The van der Waals surface area contributed by atoms with Crippen molar-refractivity contribution in [3.63, 3.8) is 0 Å². The van der Waals surface area contributed by atoms with Crippen molar-refractivity contribution >= 4 is 17.6 Å². The molecule has 0 spiro atoms. The maximum absolute atomic E-state index is 13.9. The highest BCUT2D eigenvalue weighted by Gasteiger charge is 2.42. The second-order valence-electron chi connectivity index (χ2n) is 8.35. The highest BCUT2D eigenvalue weighted by Crippen LogP contribution is 2.36. The molecule has 0 bridgehead atoms. The molecule has 13 heteroatoms. The zero-order chi connectivity index (χ0) is 24.8. The van der Waals surface area contributed by atoms with Crippen molar-refractivity contribution in [3.05, 3.63) is 46.7 Å². The molecule has 1 aromatic heterocycles. The molecule has 1 aromatic carbocycles. The van der Waals surface area contributed by atoms with E-state index >= 15 is 0 Å². The first-order chi connectivity index (χ1) is 16.0. The van der Waals surface area contributed by atoms with Crippen LogP contribution in [0.25, 0.3) is 0 Å². The van der Waals surface area contributed by atoms with Crippen LogP contribution in [0, 0.1) is 17.5 Å². The largest absolute Gasteiger partial charge is 0.449 e. The fraction of sp³-hybridized carbons (Fsp3) is 0.476. The van der Waals surface area contributed by atoms with Gasteiger partial charge in [0, 0.05) is 44.6 Å². The first-order valence-electron chi connectivity index (χ1n) is 10.6. The number of nitrogens with zero attached hydrogens (tertiary/aromatic N) is 4. The van der Waals surface area contributed by atoms with Crippen molar-refractivity contribution in [1.29, 1.82) is 0 Å². The van der Waals surface area contributed by atoms with E-state index in [1.54, 1.807) is 0 Å². The molecule has 2 aliphatic rings. The van der Waals surface area contributed by atoms with Gasteiger partial charge in [0.05, 0.1) is 12.2 Å². The summed E-state index contributed by atoms with van der Waals surface area (Å²) in [7, 11) is 0. The van der Waals surface area contributed by atoms with Crippen molar-refractivity contribution in [2.45, 2.75) is 51.0 Å². The van der Waals surface area contributed by atoms with Gasteiger partial charge >= 0.3 is 6.18 Å². The molecular weight excluding hydrogens is 468 g/mol. The summed E-state index contributed by atoms with van der Waals surface area (Å²) in [5.74, 6) is -5.67. The Hall–Kier alpha value is -3.09. The van der Waals surface area contributed by atoms with Gasteiger partial charge in [0.15, 0.2) is 17.5 Å². The monoisotopic (exact) mass is 489 g/mol. The van der Waals surface area contributed by atoms with Gasteiger partial charge in [-0.2, -0.15) is 13.2 Å². The van der Waals surface area contributed by atoms with Crippen molar-refractivity contribution < 1.29 is 35.9 Å². The molecule has 2 N–H and O–H groups in total. The third kappa shape index (κ3) is 4.61. The molecule has 34 heavy (non-hydrogen) atoms. The number of anilines is 1. The van der Waals surface area contributed by atoms with E-state index in [1.165, 1.54) is 9.80 Å².